The van der Waals surface area contributed by atoms with Gasteiger partial charge in [0.25, 0.3) is 0 Å². The van der Waals surface area contributed by atoms with Gasteiger partial charge in [-0.3, -0.25) is 4.79 Å². The van der Waals surface area contributed by atoms with Crippen LogP contribution in [0.15, 0.2) is 35.6 Å². The Morgan fingerprint density at radius 3 is 3.12 bits per heavy atom. The van der Waals surface area contributed by atoms with Gasteiger partial charge in [0.1, 0.15) is 5.69 Å². The van der Waals surface area contributed by atoms with Crippen molar-refractivity contribution in [2.24, 2.45) is 11.0 Å². The van der Waals surface area contributed by atoms with E-state index < -0.39 is 0 Å². The molecule has 0 saturated heterocycles. The van der Waals surface area contributed by atoms with Crippen LogP contribution in [0.2, 0.25) is 0 Å². The molecule has 3 heterocycles. The molecule has 0 aliphatic carbocycles. The second-order valence-corrected chi connectivity index (χ2v) is 4.24. The highest BCUT2D eigenvalue weighted by Crippen LogP contribution is 2.16. The van der Waals surface area contributed by atoms with Gasteiger partial charge in [0, 0.05) is 18.5 Å². The van der Waals surface area contributed by atoms with Gasteiger partial charge in [-0.25, -0.2) is 9.94 Å². The molecule has 5 heteroatoms. The van der Waals surface area contributed by atoms with Crippen molar-refractivity contribution in [3.8, 4) is 0 Å². The fourth-order valence-corrected chi connectivity index (χ4v) is 2.03. The Morgan fingerprint density at radius 2 is 2.35 bits per heavy atom. The van der Waals surface area contributed by atoms with E-state index in [1.807, 2.05) is 37.4 Å². The van der Waals surface area contributed by atoms with Crippen LogP contribution in [0, 0.1) is 5.92 Å². The average molecular weight is 228 g/mol. The first-order valence-electron chi connectivity index (χ1n) is 5.55. The molecule has 17 heavy (non-hydrogen) atoms. The summed E-state index contributed by atoms with van der Waals surface area (Å²) in [6.45, 7) is 1.99. The number of nitrogens with one attached hydrogen (secondary N) is 1. The van der Waals surface area contributed by atoms with Crippen molar-refractivity contribution in [3.05, 3.63) is 36.2 Å². The van der Waals surface area contributed by atoms with Crippen molar-refractivity contribution in [1.82, 2.24) is 15.0 Å². The van der Waals surface area contributed by atoms with Gasteiger partial charge in [-0.1, -0.05) is 13.0 Å². The van der Waals surface area contributed by atoms with Gasteiger partial charge < -0.3 is 0 Å². The van der Waals surface area contributed by atoms with Gasteiger partial charge in [-0.15, -0.1) is 0 Å². The fourth-order valence-electron chi connectivity index (χ4n) is 2.03. The zero-order valence-electron chi connectivity index (χ0n) is 9.42. The van der Waals surface area contributed by atoms with Crippen molar-refractivity contribution in [3.63, 3.8) is 0 Å². The number of hydrogen-bond acceptors (Lipinski definition) is 3. The Morgan fingerprint density at radius 1 is 1.47 bits per heavy atom. The quantitative estimate of drug-likeness (QED) is 0.797. The highest BCUT2D eigenvalue weighted by molar-refractivity contribution is 6.05. The van der Waals surface area contributed by atoms with Crippen LogP contribution >= 0.6 is 0 Å². The maximum atomic E-state index is 11.2. The molecule has 3 rings (SSSR count). The van der Waals surface area contributed by atoms with Crippen molar-refractivity contribution in [1.29, 1.82) is 0 Å². The zero-order valence-corrected chi connectivity index (χ0v) is 9.42. The lowest BCUT2D eigenvalue weighted by molar-refractivity contribution is -0.121. The normalized spacial score (nSPS) is 20.2. The van der Waals surface area contributed by atoms with E-state index in [9.17, 15) is 4.79 Å². The molecule has 1 atom stereocenters. The summed E-state index contributed by atoms with van der Waals surface area (Å²) in [5.74, 6) is 0.0682. The first-order valence-corrected chi connectivity index (χ1v) is 5.55. The van der Waals surface area contributed by atoms with E-state index in [0.717, 1.165) is 16.9 Å². The van der Waals surface area contributed by atoms with Crippen molar-refractivity contribution in [2.75, 3.05) is 0 Å². The largest absolute Gasteiger partial charge is 0.273 e. The molecule has 0 saturated carbocycles. The number of hydrazone groups is 1. The van der Waals surface area contributed by atoms with E-state index in [1.165, 1.54) is 0 Å². The first kappa shape index (κ1) is 10.0. The summed E-state index contributed by atoms with van der Waals surface area (Å²) < 4.78 is 1.81. The molecular weight excluding hydrogens is 216 g/mol. The third kappa shape index (κ3) is 1.69. The van der Waals surface area contributed by atoms with E-state index in [-0.39, 0.29) is 11.8 Å². The average Bonchev–Trinajstić information content (AvgIpc) is 2.72. The van der Waals surface area contributed by atoms with E-state index in [4.69, 9.17) is 0 Å². The lowest BCUT2D eigenvalue weighted by atomic mass is 9.98. The van der Waals surface area contributed by atoms with Gasteiger partial charge in [-0.05, 0) is 18.2 Å². The lowest BCUT2D eigenvalue weighted by Gasteiger charge is -2.16. The predicted molar refractivity (Wildman–Crippen MR) is 63.7 cm³/mol. The maximum absolute atomic E-state index is 11.2. The summed E-state index contributed by atoms with van der Waals surface area (Å²) in [5, 5.41) is 8.54. The van der Waals surface area contributed by atoms with Gasteiger partial charge in [-0.2, -0.15) is 10.2 Å². The Kier molecular flexibility index (Phi) is 2.18. The number of rotatable bonds is 1. The van der Waals surface area contributed by atoms with E-state index in [0.29, 0.717) is 6.42 Å². The number of pyridine rings is 1. The number of carbonyl (C=O) groups excluding carboxylic acids is 1. The summed E-state index contributed by atoms with van der Waals surface area (Å²) in [7, 11) is 0. The second-order valence-electron chi connectivity index (χ2n) is 4.24. The highest BCUT2D eigenvalue weighted by Gasteiger charge is 2.23. The monoisotopic (exact) mass is 228 g/mol. The van der Waals surface area contributed by atoms with Gasteiger partial charge in [0.2, 0.25) is 5.91 Å². The van der Waals surface area contributed by atoms with Crippen molar-refractivity contribution in [2.45, 2.75) is 13.3 Å². The SMILES string of the molecule is CC1CC(=O)NN=C1c1cc2ccccn2n1. The Bertz CT molecular complexity index is 581. The van der Waals surface area contributed by atoms with Crippen molar-refractivity contribution < 1.29 is 4.79 Å². The van der Waals surface area contributed by atoms with Crippen LogP contribution in [-0.2, 0) is 4.79 Å². The Labute approximate surface area is 98.1 Å². The van der Waals surface area contributed by atoms with Crippen LogP contribution < -0.4 is 5.43 Å². The van der Waals surface area contributed by atoms with Crippen LogP contribution in [0.3, 0.4) is 0 Å². The summed E-state index contributed by atoms with van der Waals surface area (Å²) in [5.41, 5.74) is 5.19. The second kappa shape index (κ2) is 3.69. The molecule has 2 aromatic heterocycles. The molecule has 1 aliphatic heterocycles. The molecule has 0 fully saturated rings. The molecule has 1 amide bonds. The Hall–Kier alpha value is -2.17. The molecule has 0 aromatic carbocycles. The third-order valence-corrected chi connectivity index (χ3v) is 2.89. The minimum atomic E-state index is -0.0370. The molecule has 0 bridgehead atoms. The molecule has 2 aromatic rings. The van der Waals surface area contributed by atoms with Crippen LogP contribution in [0.25, 0.3) is 5.52 Å². The topological polar surface area (TPSA) is 58.8 Å². The van der Waals surface area contributed by atoms with Gasteiger partial charge in [0.05, 0.1) is 11.2 Å². The maximum Gasteiger partial charge on any atom is 0.240 e. The summed E-state index contributed by atoms with van der Waals surface area (Å²) in [6, 6.07) is 7.86. The minimum Gasteiger partial charge on any atom is -0.273 e. The van der Waals surface area contributed by atoms with Crippen LogP contribution in [0.1, 0.15) is 19.0 Å². The first-order chi connectivity index (χ1) is 8.24. The van der Waals surface area contributed by atoms with Gasteiger partial charge >= 0.3 is 0 Å². The van der Waals surface area contributed by atoms with Crippen LogP contribution in [0.5, 0.6) is 0 Å². The smallest absolute Gasteiger partial charge is 0.240 e. The summed E-state index contributed by atoms with van der Waals surface area (Å²) >= 11 is 0. The molecule has 1 aliphatic rings. The molecule has 1 N–H and O–H groups in total. The third-order valence-electron chi connectivity index (χ3n) is 2.89. The number of aromatic nitrogens is 2. The summed E-state index contributed by atoms with van der Waals surface area (Å²) in [4.78, 5) is 11.2. The number of hydrogen-bond donors (Lipinski definition) is 1. The van der Waals surface area contributed by atoms with Gasteiger partial charge in [0.15, 0.2) is 0 Å². The van der Waals surface area contributed by atoms with Crippen LogP contribution in [0.4, 0.5) is 0 Å². The fraction of sp³-hybridized carbons (Fsp3) is 0.250. The highest BCUT2D eigenvalue weighted by atomic mass is 16.2. The Balaban J connectivity index is 2.06. The van der Waals surface area contributed by atoms with E-state index in [1.54, 1.807) is 4.52 Å². The number of amides is 1. The lowest BCUT2D eigenvalue weighted by Crippen LogP contribution is -2.32. The predicted octanol–water partition coefficient (Wildman–Crippen LogP) is 1.19. The van der Waals surface area contributed by atoms with Crippen molar-refractivity contribution >= 4 is 17.1 Å². The molecule has 5 nitrogen and oxygen atoms in total. The standard InChI is InChI=1S/C12H12N4O/c1-8-6-11(17)13-14-12(8)10-7-9-4-2-3-5-16(9)15-10/h2-5,7-8H,6H2,1H3,(H,13,17). The zero-order chi connectivity index (χ0) is 11.8. The molecule has 0 radical (unpaired) electrons. The molecule has 1 unspecified atom stereocenters. The minimum absolute atomic E-state index is 0.0370. The molecular formula is C12H12N4O. The number of fused-ring (bicyclic) bond motifs is 1. The molecule has 86 valence electrons. The summed E-state index contributed by atoms with van der Waals surface area (Å²) in [6.07, 6.45) is 2.36. The number of carbonyl (C=O) groups is 1. The molecule has 0 spiro atoms. The van der Waals surface area contributed by atoms with Crippen LogP contribution in [-0.4, -0.2) is 21.2 Å². The number of nitrogens with zero attached hydrogens (tertiary/aromatic N) is 3. The van der Waals surface area contributed by atoms with E-state index >= 15 is 0 Å². The van der Waals surface area contributed by atoms with E-state index in [2.05, 4.69) is 15.6 Å².